The van der Waals surface area contributed by atoms with Gasteiger partial charge in [0.25, 0.3) is 0 Å². The Hall–Kier alpha value is -2.04. The van der Waals surface area contributed by atoms with Crippen LogP contribution < -0.4 is 4.74 Å². The third-order valence-electron chi connectivity index (χ3n) is 3.48. The maximum atomic E-state index is 12.1. The SMILES string of the molecule is CCOc1ccccc1CN(C)C(=O)[C@@H]1C[C@H]1C(=O)O. The smallest absolute Gasteiger partial charge is 0.307 e. The van der Waals surface area contributed by atoms with Gasteiger partial charge in [0.1, 0.15) is 5.75 Å². The Morgan fingerprint density at radius 3 is 2.65 bits per heavy atom. The minimum atomic E-state index is -0.883. The van der Waals surface area contributed by atoms with Crippen LogP contribution in [0.1, 0.15) is 18.9 Å². The van der Waals surface area contributed by atoms with E-state index in [1.54, 1.807) is 11.9 Å². The van der Waals surface area contributed by atoms with E-state index in [0.717, 1.165) is 11.3 Å². The number of carbonyl (C=O) groups is 2. The molecule has 1 saturated carbocycles. The summed E-state index contributed by atoms with van der Waals surface area (Å²) in [6.45, 7) is 2.91. The molecule has 2 rings (SSSR count). The van der Waals surface area contributed by atoms with Crippen molar-refractivity contribution in [1.29, 1.82) is 0 Å². The van der Waals surface area contributed by atoms with Crippen LogP contribution in [0.4, 0.5) is 0 Å². The van der Waals surface area contributed by atoms with E-state index in [2.05, 4.69) is 0 Å². The first kappa shape index (κ1) is 14.4. The van der Waals surface area contributed by atoms with E-state index < -0.39 is 11.9 Å². The van der Waals surface area contributed by atoms with E-state index in [1.165, 1.54) is 0 Å². The molecule has 1 aliphatic carbocycles. The molecule has 0 spiro atoms. The molecule has 0 radical (unpaired) electrons. The van der Waals surface area contributed by atoms with Crippen LogP contribution in [-0.4, -0.2) is 35.5 Å². The fraction of sp³-hybridized carbons (Fsp3) is 0.467. The molecule has 0 aromatic heterocycles. The fourth-order valence-electron chi connectivity index (χ4n) is 2.29. The van der Waals surface area contributed by atoms with Gasteiger partial charge in [0, 0.05) is 19.2 Å². The molecular formula is C15H19NO4. The molecule has 5 nitrogen and oxygen atoms in total. The minimum absolute atomic E-state index is 0.108. The molecule has 1 aromatic carbocycles. The minimum Gasteiger partial charge on any atom is -0.494 e. The lowest BCUT2D eigenvalue weighted by Crippen LogP contribution is -2.29. The summed E-state index contributed by atoms with van der Waals surface area (Å²) >= 11 is 0. The van der Waals surface area contributed by atoms with Gasteiger partial charge in [0.2, 0.25) is 5.91 Å². The predicted molar refractivity (Wildman–Crippen MR) is 73.3 cm³/mol. The number of para-hydroxylation sites is 1. The summed E-state index contributed by atoms with van der Waals surface area (Å²) in [6.07, 6.45) is 0.450. The Morgan fingerprint density at radius 2 is 2.05 bits per heavy atom. The molecule has 1 aromatic rings. The third-order valence-corrected chi connectivity index (χ3v) is 3.48. The number of nitrogens with zero attached hydrogens (tertiary/aromatic N) is 1. The van der Waals surface area contributed by atoms with E-state index in [-0.39, 0.29) is 11.8 Å². The zero-order valence-electron chi connectivity index (χ0n) is 11.7. The van der Waals surface area contributed by atoms with Crippen molar-refractivity contribution in [3.05, 3.63) is 29.8 Å². The number of carbonyl (C=O) groups excluding carboxylic acids is 1. The Bertz CT molecular complexity index is 514. The Balaban J connectivity index is 2.00. The number of amides is 1. The molecule has 0 aliphatic heterocycles. The lowest BCUT2D eigenvalue weighted by Gasteiger charge is -2.19. The molecule has 20 heavy (non-hydrogen) atoms. The number of carboxylic acid groups (broad SMARTS) is 1. The first-order valence-corrected chi connectivity index (χ1v) is 6.73. The van der Waals surface area contributed by atoms with E-state index in [0.29, 0.717) is 19.6 Å². The molecule has 0 saturated heterocycles. The predicted octanol–water partition coefficient (Wildman–Crippen LogP) is 1.76. The Labute approximate surface area is 118 Å². The van der Waals surface area contributed by atoms with Gasteiger partial charge < -0.3 is 14.7 Å². The van der Waals surface area contributed by atoms with Gasteiger partial charge in [-0.15, -0.1) is 0 Å². The fourth-order valence-corrected chi connectivity index (χ4v) is 2.29. The first-order chi connectivity index (χ1) is 9.54. The van der Waals surface area contributed by atoms with Crippen molar-refractivity contribution in [2.75, 3.05) is 13.7 Å². The summed E-state index contributed by atoms with van der Waals surface area (Å²) in [6, 6.07) is 7.57. The van der Waals surface area contributed by atoms with Crippen LogP contribution in [0.25, 0.3) is 0 Å². The molecule has 1 amide bonds. The van der Waals surface area contributed by atoms with Gasteiger partial charge >= 0.3 is 5.97 Å². The lowest BCUT2D eigenvalue weighted by atomic mass is 10.2. The van der Waals surface area contributed by atoms with Crippen LogP contribution in [0, 0.1) is 11.8 Å². The number of rotatable bonds is 6. The van der Waals surface area contributed by atoms with Crippen molar-refractivity contribution in [2.45, 2.75) is 19.9 Å². The van der Waals surface area contributed by atoms with Crippen LogP contribution >= 0.6 is 0 Å². The van der Waals surface area contributed by atoms with Gasteiger partial charge in [-0.25, -0.2) is 0 Å². The van der Waals surface area contributed by atoms with E-state index in [1.807, 2.05) is 31.2 Å². The molecule has 1 fully saturated rings. The van der Waals surface area contributed by atoms with Gasteiger partial charge in [-0.2, -0.15) is 0 Å². The highest BCUT2D eigenvalue weighted by atomic mass is 16.5. The number of benzene rings is 1. The van der Waals surface area contributed by atoms with Crippen molar-refractivity contribution < 1.29 is 19.4 Å². The number of ether oxygens (including phenoxy) is 1. The summed E-state index contributed by atoms with van der Waals surface area (Å²) in [5.74, 6) is -1.10. The molecule has 2 atom stereocenters. The molecule has 0 bridgehead atoms. The monoisotopic (exact) mass is 277 g/mol. The van der Waals surface area contributed by atoms with Crippen LogP contribution in [0.2, 0.25) is 0 Å². The van der Waals surface area contributed by atoms with Crippen LogP contribution in [-0.2, 0) is 16.1 Å². The normalized spacial score (nSPS) is 20.3. The van der Waals surface area contributed by atoms with Gasteiger partial charge in [0.05, 0.1) is 18.4 Å². The van der Waals surface area contributed by atoms with Gasteiger partial charge in [-0.3, -0.25) is 9.59 Å². The topological polar surface area (TPSA) is 66.8 Å². The number of hydrogen-bond acceptors (Lipinski definition) is 3. The Morgan fingerprint density at radius 1 is 1.35 bits per heavy atom. The van der Waals surface area contributed by atoms with Crippen molar-refractivity contribution >= 4 is 11.9 Å². The third kappa shape index (κ3) is 3.10. The number of hydrogen-bond donors (Lipinski definition) is 1. The first-order valence-electron chi connectivity index (χ1n) is 6.73. The van der Waals surface area contributed by atoms with Crippen LogP contribution in [0.15, 0.2) is 24.3 Å². The van der Waals surface area contributed by atoms with Gasteiger partial charge in [0.15, 0.2) is 0 Å². The number of carboxylic acids is 1. The van der Waals surface area contributed by atoms with Crippen molar-refractivity contribution in [1.82, 2.24) is 4.90 Å². The maximum absolute atomic E-state index is 12.1. The average Bonchev–Trinajstić information content (AvgIpc) is 3.20. The standard InChI is InChI=1S/C15H19NO4/c1-3-20-13-7-5-4-6-10(13)9-16(2)14(17)11-8-12(11)15(18)19/h4-7,11-12H,3,8-9H2,1-2H3,(H,18,19)/t11-,12-/m1/s1. The van der Waals surface area contributed by atoms with Gasteiger partial charge in [-0.05, 0) is 19.4 Å². The summed E-state index contributed by atoms with van der Waals surface area (Å²) < 4.78 is 5.52. The second kappa shape index (κ2) is 5.94. The van der Waals surface area contributed by atoms with E-state index in [4.69, 9.17) is 9.84 Å². The highest BCUT2D eigenvalue weighted by molar-refractivity contribution is 5.89. The van der Waals surface area contributed by atoms with Crippen molar-refractivity contribution in [2.24, 2.45) is 11.8 Å². The van der Waals surface area contributed by atoms with Crippen molar-refractivity contribution in [3.63, 3.8) is 0 Å². The molecule has 1 aliphatic rings. The summed E-state index contributed by atoms with van der Waals surface area (Å²) in [5, 5.41) is 8.87. The summed E-state index contributed by atoms with van der Waals surface area (Å²) in [4.78, 5) is 24.5. The molecule has 0 unspecified atom stereocenters. The summed E-state index contributed by atoms with van der Waals surface area (Å²) in [5.41, 5.74) is 0.928. The highest BCUT2D eigenvalue weighted by Crippen LogP contribution is 2.40. The zero-order valence-corrected chi connectivity index (χ0v) is 11.7. The quantitative estimate of drug-likeness (QED) is 0.860. The maximum Gasteiger partial charge on any atom is 0.307 e. The van der Waals surface area contributed by atoms with Gasteiger partial charge in [-0.1, -0.05) is 18.2 Å². The molecular weight excluding hydrogens is 258 g/mol. The summed E-state index contributed by atoms with van der Waals surface area (Å²) in [7, 11) is 1.70. The molecule has 5 heteroatoms. The largest absolute Gasteiger partial charge is 0.494 e. The molecule has 0 heterocycles. The second-order valence-corrected chi connectivity index (χ2v) is 5.02. The van der Waals surface area contributed by atoms with Crippen LogP contribution in [0.3, 0.4) is 0 Å². The van der Waals surface area contributed by atoms with E-state index in [9.17, 15) is 9.59 Å². The van der Waals surface area contributed by atoms with Crippen molar-refractivity contribution in [3.8, 4) is 5.75 Å². The number of aliphatic carboxylic acids is 1. The molecule has 1 N–H and O–H groups in total. The zero-order chi connectivity index (χ0) is 14.7. The highest BCUT2D eigenvalue weighted by Gasteiger charge is 2.49. The second-order valence-electron chi connectivity index (χ2n) is 5.02. The lowest BCUT2D eigenvalue weighted by molar-refractivity contribution is -0.141. The van der Waals surface area contributed by atoms with Crippen LogP contribution in [0.5, 0.6) is 5.75 Å². The van der Waals surface area contributed by atoms with E-state index >= 15 is 0 Å². The molecule has 108 valence electrons. The Kier molecular flexibility index (Phi) is 4.27. The average molecular weight is 277 g/mol.